The van der Waals surface area contributed by atoms with Crippen LogP contribution in [0.1, 0.15) is 18.9 Å². The Kier molecular flexibility index (Phi) is 6.62. The van der Waals surface area contributed by atoms with E-state index in [2.05, 4.69) is 27.1 Å². The van der Waals surface area contributed by atoms with Gasteiger partial charge >= 0.3 is 12.0 Å². The van der Waals surface area contributed by atoms with E-state index in [9.17, 15) is 9.59 Å². The molecule has 0 radical (unpaired) electrons. The van der Waals surface area contributed by atoms with Gasteiger partial charge < -0.3 is 20.6 Å². The van der Waals surface area contributed by atoms with Crippen molar-refractivity contribution in [1.29, 1.82) is 0 Å². The van der Waals surface area contributed by atoms with Crippen LogP contribution in [0.15, 0.2) is 42.1 Å². The molecule has 1 aromatic carbocycles. The van der Waals surface area contributed by atoms with Crippen LogP contribution < -0.4 is 10.6 Å². The van der Waals surface area contributed by atoms with E-state index in [-0.39, 0.29) is 6.42 Å². The fraction of sp³-hybridized carbons (Fsp3) is 0.267. The van der Waals surface area contributed by atoms with E-state index in [1.54, 1.807) is 31.2 Å². The maximum Gasteiger partial charge on any atom is 0.328 e. The van der Waals surface area contributed by atoms with Gasteiger partial charge in [-0.15, -0.1) is 6.58 Å². The molecule has 1 rings (SSSR count). The van der Waals surface area contributed by atoms with E-state index in [4.69, 9.17) is 5.21 Å². The summed E-state index contributed by atoms with van der Waals surface area (Å²) in [5.41, 5.74) is 1.73. The number of carbonyl (C=O) groups excluding carboxylic acids is 2. The first-order valence-electron chi connectivity index (χ1n) is 6.57. The lowest BCUT2D eigenvalue weighted by Crippen LogP contribution is -2.43. The highest BCUT2D eigenvalue weighted by atomic mass is 16.5. The normalized spacial score (nSPS) is 12.2. The number of anilines is 1. The number of hydrogen-bond donors (Lipinski definition) is 3. The Balaban J connectivity index is 2.67. The van der Waals surface area contributed by atoms with Gasteiger partial charge in [0.1, 0.15) is 6.04 Å². The molecular formula is C15H19N3O4. The molecule has 7 heteroatoms. The zero-order chi connectivity index (χ0) is 16.5. The van der Waals surface area contributed by atoms with Crippen molar-refractivity contribution in [3.8, 4) is 0 Å². The maximum absolute atomic E-state index is 11.9. The molecular weight excluding hydrogens is 286 g/mol. The SMILES string of the molecule is C=CCC(NC(=O)Nc1ccc(C(C)=NO)cc1)C(=O)OC. The van der Waals surface area contributed by atoms with Crippen molar-refractivity contribution < 1.29 is 19.5 Å². The zero-order valence-electron chi connectivity index (χ0n) is 12.5. The predicted octanol–water partition coefficient (Wildman–Crippen LogP) is 2.12. The number of amides is 2. The third-order valence-corrected chi connectivity index (χ3v) is 2.90. The first-order valence-corrected chi connectivity index (χ1v) is 6.57. The minimum atomic E-state index is -0.787. The van der Waals surface area contributed by atoms with Crippen LogP contribution in [0.5, 0.6) is 0 Å². The molecule has 1 unspecified atom stereocenters. The van der Waals surface area contributed by atoms with Gasteiger partial charge in [-0.25, -0.2) is 9.59 Å². The van der Waals surface area contributed by atoms with Crippen molar-refractivity contribution >= 4 is 23.4 Å². The molecule has 1 atom stereocenters. The van der Waals surface area contributed by atoms with Crippen LogP contribution in [0, 0.1) is 0 Å². The molecule has 0 aliphatic heterocycles. The molecule has 0 bridgehead atoms. The monoisotopic (exact) mass is 305 g/mol. The average Bonchev–Trinajstić information content (AvgIpc) is 2.53. The second kappa shape index (κ2) is 8.46. The lowest BCUT2D eigenvalue weighted by Gasteiger charge is -2.15. The molecule has 22 heavy (non-hydrogen) atoms. The summed E-state index contributed by atoms with van der Waals surface area (Å²) in [6, 6.07) is 5.40. The topological polar surface area (TPSA) is 100 Å². The summed E-state index contributed by atoms with van der Waals surface area (Å²) in [4.78, 5) is 23.4. The molecule has 0 saturated carbocycles. The zero-order valence-corrected chi connectivity index (χ0v) is 12.5. The third kappa shape index (κ3) is 4.93. The van der Waals surface area contributed by atoms with E-state index in [0.29, 0.717) is 11.4 Å². The Morgan fingerprint density at radius 2 is 2.05 bits per heavy atom. The highest BCUT2D eigenvalue weighted by molar-refractivity contribution is 5.99. The van der Waals surface area contributed by atoms with Gasteiger partial charge in [0.2, 0.25) is 0 Å². The minimum absolute atomic E-state index is 0.269. The molecule has 0 aliphatic carbocycles. The lowest BCUT2D eigenvalue weighted by molar-refractivity contribution is -0.142. The average molecular weight is 305 g/mol. The molecule has 0 fully saturated rings. The number of nitrogens with one attached hydrogen (secondary N) is 2. The maximum atomic E-state index is 11.9. The minimum Gasteiger partial charge on any atom is -0.467 e. The second-order valence-electron chi connectivity index (χ2n) is 4.46. The Morgan fingerprint density at radius 1 is 1.41 bits per heavy atom. The van der Waals surface area contributed by atoms with Crippen LogP contribution in [-0.2, 0) is 9.53 Å². The van der Waals surface area contributed by atoms with Gasteiger partial charge in [0.05, 0.1) is 12.8 Å². The van der Waals surface area contributed by atoms with Crippen molar-refractivity contribution in [2.75, 3.05) is 12.4 Å². The number of oxime groups is 1. The number of rotatable bonds is 6. The van der Waals surface area contributed by atoms with Crippen LogP contribution >= 0.6 is 0 Å². The summed E-state index contributed by atoms with van der Waals surface area (Å²) in [6.45, 7) is 5.19. The highest BCUT2D eigenvalue weighted by Crippen LogP contribution is 2.10. The number of esters is 1. The van der Waals surface area contributed by atoms with Crippen LogP contribution in [0.4, 0.5) is 10.5 Å². The Labute approximate surface area is 128 Å². The number of hydrogen-bond acceptors (Lipinski definition) is 5. The molecule has 0 aliphatic rings. The van der Waals surface area contributed by atoms with Gasteiger partial charge in [-0.3, -0.25) is 0 Å². The molecule has 2 amide bonds. The molecule has 0 aromatic heterocycles. The summed E-state index contributed by atoms with van der Waals surface area (Å²) in [6.07, 6.45) is 1.79. The Hall–Kier alpha value is -2.83. The van der Waals surface area contributed by atoms with Crippen LogP contribution in [-0.4, -0.2) is 36.1 Å². The summed E-state index contributed by atoms with van der Waals surface area (Å²) in [5.74, 6) is -0.541. The van der Waals surface area contributed by atoms with Crippen molar-refractivity contribution in [3.05, 3.63) is 42.5 Å². The summed E-state index contributed by atoms with van der Waals surface area (Å²) < 4.78 is 4.60. The van der Waals surface area contributed by atoms with E-state index < -0.39 is 18.0 Å². The van der Waals surface area contributed by atoms with Gasteiger partial charge in [0, 0.05) is 5.69 Å². The standard InChI is InChI=1S/C15H19N3O4/c1-4-5-13(14(19)22-3)17-15(20)16-12-8-6-11(7-9-12)10(2)18-21/h4,6-9,13,21H,1,5H2,2-3H3,(H2,16,17,20). The van der Waals surface area contributed by atoms with Gasteiger partial charge in [0.25, 0.3) is 0 Å². The summed E-state index contributed by atoms with van der Waals surface area (Å²) in [5, 5.41) is 16.9. The first kappa shape index (κ1) is 17.2. The quantitative estimate of drug-likeness (QED) is 0.246. The molecule has 3 N–H and O–H groups in total. The van der Waals surface area contributed by atoms with Crippen molar-refractivity contribution in [2.45, 2.75) is 19.4 Å². The Morgan fingerprint density at radius 3 is 2.55 bits per heavy atom. The smallest absolute Gasteiger partial charge is 0.328 e. The molecule has 1 aromatic rings. The fourth-order valence-corrected chi connectivity index (χ4v) is 1.70. The van der Waals surface area contributed by atoms with Gasteiger partial charge in [0.15, 0.2) is 0 Å². The molecule has 0 saturated heterocycles. The number of urea groups is 1. The molecule has 7 nitrogen and oxygen atoms in total. The molecule has 0 spiro atoms. The van der Waals surface area contributed by atoms with Crippen LogP contribution in [0.2, 0.25) is 0 Å². The fourth-order valence-electron chi connectivity index (χ4n) is 1.70. The summed E-state index contributed by atoms with van der Waals surface area (Å²) in [7, 11) is 1.25. The largest absolute Gasteiger partial charge is 0.467 e. The number of benzene rings is 1. The highest BCUT2D eigenvalue weighted by Gasteiger charge is 2.19. The van der Waals surface area contributed by atoms with Crippen molar-refractivity contribution in [3.63, 3.8) is 0 Å². The Bertz CT molecular complexity index is 567. The van der Waals surface area contributed by atoms with E-state index in [1.807, 2.05) is 0 Å². The first-order chi connectivity index (χ1) is 10.5. The van der Waals surface area contributed by atoms with E-state index >= 15 is 0 Å². The van der Waals surface area contributed by atoms with Gasteiger partial charge in [-0.2, -0.15) is 0 Å². The second-order valence-corrected chi connectivity index (χ2v) is 4.46. The summed E-state index contributed by atoms with van der Waals surface area (Å²) >= 11 is 0. The van der Waals surface area contributed by atoms with Crippen molar-refractivity contribution in [2.24, 2.45) is 5.16 Å². The lowest BCUT2D eigenvalue weighted by atomic mass is 10.1. The van der Waals surface area contributed by atoms with E-state index in [1.165, 1.54) is 13.2 Å². The number of carbonyl (C=O) groups is 2. The predicted molar refractivity (Wildman–Crippen MR) is 83.2 cm³/mol. The van der Waals surface area contributed by atoms with Gasteiger partial charge in [-0.05, 0) is 31.0 Å². The van der Waals surface area contributed by atoms with Crippen LogP contribution in [0.25, 0.3) is 0 Å². The third-order valence-electron chi connectivity index (χ3n) is 2.90. The number of ether oxygens (including phenoxy) is 1. The number of methoxy groups -OCH3 is 1. The molecule has 118 valence electrons. The number of nitrogens with zero attached hydrogens (tertiary/aromatic N) is 1. The van der Waals surface area contributed by atoms with E-state index in [0.717, 1.165) is 5.56 Å². The van der Waals surface area contributed by atoms with Crippen LogP contribution in [0.3, 0.4) is 0 Å². The molecule has 0 heterocycles. The van der Waals surface area contributed by atoms with Gasteiger partial charge in [-0.1, -0.05) is 23.4 Å². The van der Waals surface area contributed by atoms with Crippen molar-refractivity contribution in [1.82, 2.24) is 5.32 Å².